The highest BCUT2D eigenvalue weighted by Crippen LogP contribution is 2.20. The summed E-state index contributed by atoms with van der Waals surface area (Å²) in [6.07, 6.45) is 0. The Morgan fingerprint density at radius 1 is 1.17 bits per heavy atom. The first kappa shape index (κ1) is 13.1. The minimum atomic E-state index is -0.231. The summed E-state index contributed by atoms with van der Waals surface area (Å²) in [4.78, 5) is 0. The molecular weight excluding hydrogens is 293 g/mol. The number of halogens is 2. The van der Waals surface area contributed by atoms with E-state index in [1.807, 2.05) is 6.07 Å². The van der Waals surface area contributed by atoms with Gasteiger partial charge >= 0.3 is 0 Å². The number of benzene rings is 2. The van der Waals surface area contributed by atoms with Crippen LogP contribution in [0.2, 0.25) is 0 Å². The molecule has 0 bridgehead atoms. The second-order valence-corrected chi connectivity index (χ2v) is 5.20. The Kier molecular flexibility index (Phi) is 4.02. The predicted molar refractivity (Wildman–Crippen MR) is 77.3 cm³/mol. The second-order valence-electron chi connectivity index (χ2n) is 4.35. The van der Waals surface area contributed by atoms with E-state index >= 15 is 0 Å². The fourth-order valence-electron chi connectivity index (χ4n) is 1.79. The Balaban J connectivity index is 2.11. The Hall–Kier alpha value is -1.35. The van der Waals surface area contributed by atoms with Crippen LogP contribution in [0.3, 0.4) is 0 Å². The van der Waals surface area contributed by atoms with Gasteiger partial charge in [-0.2, -0.15) is 0 Å². The largest absolute Gasteiger partial charge is 0.381 e. The summed E-state index contributed by atoms with van der Waals surface area (Å²) in [5.41, 5.74) is 4.68. The predicted octanol–water partition coefficient (Wildman–Crippen LogP) is 4.82. The van der Waals surface area contributed by atoms with Gasteiger partial charge in [0.15, 0.2) is 0 Å². The first-order valence-corrected chi connectivity index (χ1v) is 6.61. The third kappa shape index (κ3) is 2.91. The maximum atomic E-state index is 13.1. The maximum Gasteiger partial charge on any atom is 0.137 e. The highest BCUT2D eigenvalue weighted by atomic mass is 79.9. The van der Waals surface area contributed by atoms with Gasteiger partial charge in [0, 0.05) is 12.2 Å². The number of hydrogen-bond donors (Lipinski definition) is 1. The van der Waals surface area contributed by atoms with Crippen LogP contribution in [0.25, 0.3) is 0 Å². The van der Waals surface area contributed by atoms with Gasteiger partial charge in [0.05, 0.1) is 4.47 Å². The number of aryl methyl sites for hydroxylation is 1. The zero-order chi connectivity index (χ0) is 13.1. The molecule has 0 saturated heterocycles. The van der Waals surface area contributed by atoms with Crippen molar-refractivity contribution in [2.75, 3.05) is 5.32 Å². The lowest BCUT2D eigenvalue weighted by Gasteiger charge is -2.11. The van der Waals surface area contributed by atoms with Gasteiger partial charge in [-0.05, 0) is 64.7 Å². The number of nitrogens with one attached hydrogen (secondary N) is 1. The molecule has 0 saturated carbocycles. The van der Waals surface area contributed by atoms with E-state index in [1.165, 1.54) is 17.2 Å². The van der Waals surface area contributed by atoms with Crippen molar-refractivity contribution in [2.45, 2.75) is 20.4 Å². The molecule has 0 fully saturated rings. The van der Waals surface area contributed by atoms with Crippen LogP contribution in [-0.4, -0.2) is 0 Å². The number of hydrogen-bond acceptors (Lipinski definition) is 1. The molecule has 0 aliphatic heterocycles. The Morgan fingerprint density at radius 2 is 1.94 bits per heavy atom. The average Bonchev–Trinajstić information content (AvgIpc) is 2.35. The molecule has 0 aromatic heterocycles. The first-order chi connectivity index (χ1) is 8.58. The monoisotopic (exact) mass is 307 g/mol. The van der Waals surface area contributed by atoms with Gasteiger partial charge in [-0.25, -0.2) is 4.39 Å². The van der Waals surface area contributed by atoms with Gasteiger partial charge in [0.2, 0.25) is 0 Å². The minimum Gasteiger partial charge on any atom is -0.381 e. The SMILES string of the molecule is Cc1cccc(NCc2ccc(F)c(Br)c2)c1C. The summed E-state index contributed by atoms with van der Waals surface area (Å²) in [7, 11) is 0. The van der Waals surface area contributed by atoms with Crippen LogP contribution in [0, 0.1) is 19.7 Å². The fraction of sp³-hybridized carbons (Fsp3) is 0.200. The first-order valence-electron chi connectivity index (χ1n) is 5.82. The normalized spacial score (nSPS) is 10.4. The Morgan fingerprint density at radius 3 is 2.67 bits per heavy atom. The lowest BCUT2D eigenvalue weighted by Crippen LogP contribution is -2.02. The molecule has 0 aliphatic carbocycles. The summed E-state index contributed by atoms with van der Waals surface area (Å²) in [5.74, 6) is -0.231. The molecule has 0 unspecified atom stereocenters. The quantitative estimate of drug-likeness (QED) is 0.857. The molecule has 0 radical (unpaired) electrons. The zero-order valence-corrected chi connectivity index (χ0v) is 12.0. The lowest BCUT2D eigenvalue weighted by atomic mass is 10.1. The molecule has 2 aromatic rings. The zero-order valence-electron chi connectivity index (χ0n) is 10.4. The van der Waals surface area contributed by atoms with Crippen LogP contribution < -0.4 is 5.32 Å². The molecule has 0 spiro atoms. The average molecular weight is 308 g/mol. The molecular formula is C15H15BrFN. The van der Waals surface area contributed by atoms with Crippen LogP contribution in [0.4, 0.5) is 10.1 Å². The Labute approximate surface area is 115 Å². The van der Waals surface area contributed by atoms with Gasteiger partial charge in [-0.3, -0.25) is 0 Å². The fourth-order valence-corrected chi connectivity index (χ4v) is 2.22. The van der Waals surface area contributed by atoms with E-state index < -0.39 is 0 Å². The summed E-state index contributed by atoms with van der Waals surface area (Å²) in [5, 5.41) is 3.37. The molecule has 2 aromatic carbocycles. The molecule has 0 aliphatic rings. The van der Waals surface area contributed by atoms with Crippen molar-refractivity contribution in [3.63, 3.8) is 0 Å². The lowest BCUT2D eigenvalue weighted by molar-refractivity contribution is 0.620. The van der Waals surface area contributed by atoms with Crippen LogP contribution in [0.1, 0.15) is 16.7 Å². The highest BCUT2D eigenvalue weighted by molar-refractivity contribution is 9.10. The van der Waals surface area contributed by atoms with Crippen molar-refractivity contribution in [3.05, 3.63) is 63.4 Å². The topological polar surface area (TPSA) is 12.0 Å². The van der Waals surface area contributed by atoms with E-state index in [1.54, 1.807) is 12.1 Å². The summed E-state index contributed by atoms with van der Waals surface area (Å²) in [6.45, 7) is 4.87. The van der Waals surface area contributed by atoms with E-state index in [4.69, 9.17) is 0 Å². The van der Waals surface area contributed by atoms with Gasteiger partial charge in [0.25, 0.3) is 0 Å². The van der Waals surface area contributed by atoms with Crippen molar-refractivity contribution < 1.29 is 4.39 Å². The molecule has 0 atom stereocenters. The molecule has 2 rings (SSSR count). The smallest absolute Gasteiger partial charge is 0.137 e. The molecule has 94 valence electrons. The van der Waals surface area contributed by atoms with Crippen molar-refractivity contribution in [1.29, 1.82) is 0 Å². The third-order valence-corrected chi connectivity index (χ3v) is 3.68. The van der Waals surface area contributed by atoms with Gasteiger partial charge in [-0.1, -0.05) is 18.2 Å². The number of anilines is 1. The van der Waals surface area contributed by atoms with Crippen LogP contribution in [-0.2, 0) is 6.54 Å². The van der Waals surface area contributed by atoms with Crippen LogP contribution in [0.15, 0.2) is 40.9 Å². The van der Waals surface area contributed by atoms with Crippen LogP contribution >= 0.6 is 15.9 Å². The summed E-state index contributed by atoms with van der Waals surface area (Å²) >= 11 is 3.20. The van der Waals surface area contributed by atoms with Crippen molar-refractivity contribution >= 4 is 21.6 Å². The van der Waals surface area contributed by atoms with Crippen LogP contribution in [0.5, 0.6) is 0 Å². The standard InChI is InChI=1S/C15H15BrFN/c1-10-4-3-5-15(11(10)2)18-9-12-6-7-14(17)13(16)8-12/h3-8,18H,9H2,1-2H3. The molecule has 18 heavy (non-hydrogen) atoms. The summed E-state index contributed by atoms with van der Waals surface area (Å²) in [6, 6.07) is 11.2. The van der Waals surface area contributed by atoms with Crippen molar-refractivity contribution in [1.82, 2.24) is 0 Å². The van der Waals surface area contributed by atoms with E-state index in [9.17, 15) is 4.39 Å². The van der Waals surface area contributed by atoms with E-state index in [-0.39, 0.29) is 5.82 Å². The molecule has 0 amide bonds. The molecule has 1 nitrogen and oxygen atoms in total. The maximum absolute atomic E-state index is 13.1. The minimum absolute atomic E-state index is 0.231. The van der Waals surface area contributed by atoms with Gasteiger partial charge < -0.3 is 5.32 Å². The van der Waals surface area contributed by atoms with Crippen molar-refractivity contribution in [2.24, 2.45) is 0 Å². The Bertz CT molecular complexity index is 566. The summed E-state index contributed by atoms with van der Waals surface area (Å²) < 4.78 is 13.6. The van der Waals surface area contributed by atoms with E-state index in [0.717, 1.165) is 11.3 Å². The highest BCUT2D eigenvalue weighted by Gasteiger charge is 2.02. The van der Waals surface area contributed by atoms with E-state index in [0.29, 0.717) is 11.0 Å². The third-order valence-electron chi connectivity index (χ3n) is 3.07. The molecule has 1 N–H and O–H groups in total. The van der Waals surface area contributed by atoms with Gasteiger partial charge in [-0.15, -0.1) is 0 Å². The molecule has 0 heterocycles. The van der Waals surface area contributed by atoms with Gasteiger partial charge in [0.1, 0.15) is 5.82 Å². The number of rotatable bonds is 3. The molecule has 3 heteroatoms. The van der Waals surface area contributed by atoms with Crippen molar-refractivity contribution in [3.8, 4) is 0 Å². The van der Waals surface area contributed by atoms with E-state index in [2.05, 4.69) is 47.2 Å². The second kappa shape index (κ2) is 5.53.